The minimum Gasteiger partial charge on any atom is -0.309 e. The van der Waals surface area contributed by atoms with Crippen molar-refractivity contribution in [3.8, 4) is 84.2 Å². The Morgan fingerprint density at radius 3 is 0.816 bits per heavy atom. The number of alkyl halides is 18. The zero-order chi connectivity index (χ0) is 70.2. The van der Waals surface area contributed by atoms with Gasteiger partial charge < -0.3 is 9.13 Å². The van der Waals surface area contributed by atoms with E-state index >= 15 is 26.3 Å². The van der Waals surface area contributed by atoms with E-state index < -0.39 is 76.0 Å². The van der Waals surface area contributed by atoms with Crippen molar-refractivity contribution in [2.45, 2.75) is 64.8 Å². The zero-order valence-corrected chi connectivity index (χ0v) is 51.2. The number of nitrogens with zero attached hydrogens (tertiary/aromatic N) is 3. The molecule has 3 nitrogen and oxygen atoms in total. The van der Waals surface area contributed by atoms with Gasteiger partial charge in [-0.05, 0) is 239 Å². The van der Waals surface area contributed by atoms with Gasteiger partial charge >= 0.3 is 37.1 Å². The summed E-state index contributed by atoms with van der Waals surface area (Å²) in [5, 5.41) is 12.5. The standard InChI is InChI=1S/C77H45F18N3/c1-39-19-48(27-53(23-39)72(78,79)80)43-11-15-64-60(33-43)61-34-44(49-20-40(2)24-54(28-49)73(81,82)83)12-16-65(61)97(64)68-9-5-7-47(38-96)70(68)71-59(52-31-57(76(90,91)92)37-58(32-52)77(93,94)95)8-6-10-69(71)98-66-17-13-45(50-21-41(3)25-55(29-50)74(84,85)86)35-62(66)63-36-46(14-18-67(63)98)51-22-42(4)26-56(30-51)75(87,88)89/h5-37H,1-4H3. The van der Waals surface area contributed by atoms with Crippen LogP contribution in [0.4, 0.5) is 79.0 Å². The fraction of sp³-hybridized carbons (Fsp3) is 0.130. The highest BCUT2D eigenvalue weighted by Crippen LogP contribution is 2.51. The molecule has 0 radical (unpaired) electrons. The van der Waals surface area contributed by atoms with Crippen LogP contribution in [0.2, 0.25) is 0 Å². The van der Waals surface area contributed by atoms with Crippen molar-refractivity contribution >= 4 is 43.6 Å². The van der Waals surface area contributed by atoms with Crippen LogP contribution in [0.3, 0.4) is 0 Å². The van der Waals surface area contributed by atoms with Crippen LogP contribution in [-0.4, -0.2) is 9.13 Å². The largest absolute Gasteiger partial charge is 0.416 e. The molecule has 13 rings (SSSR count). The van der Waals surface area contributed by atoms with E-state index in [4.69, 9.17) is 0 Å². The van der Waals surface area contributed by atoms with Gasteiger partial charge in [0.15, 0.2) is 0 Å². The lowest BCUT2D eigenvalue weighted by Gasteiger charge is -2.23. The Balaban J connectivity index is 1.17. The van der Waals surface area contributed by atoms with Gasteiger partial charge in [0, 0.05) is 32.7 Å². The van der Waals surface area contributed by atoms with Crippen molar-refractivity contribution in [1.82, 2.24) is 9.13 Å². The number of fused-ring (bicyclic) bond motifs is 6. The van der Waals surface area contributed by atoms with E-state index in [-0.39, 0.29) is 150 Å². The highest BCUT2D eigenvalue weighted by Gasteiger charge is 2.39. The summed E-state index contributed by atoms with van der Waals surface area (Å²) in [7, 11) is 0. The second-order valence-electron chi connectivity index (χ2n) is 24.2. The molecule has 0 fully saturated rings. The molecule has 494 valence electrons. The molecule has 2 aromatic heterocycles. The van der Waals surface area contributed by atoms with Crippen LogP contribution < -0.4 is 0 Å². The summed E-state index contributed by atoms with van der Waals surface area (Å²) in [5.74, 6) is 0. The van der Waals surface area contributed by atoms with E-state index in [2.05, 4.69) is 6.07 Å². The van der Waals surface area contributed by atoms with Crippen molar-refractivity contribution in [2.24, 2.45) is 0 Å². The monoisotopic (exact) mass is 1350 g/mol. The maximum Gasteiger partial charge on any atom is 0.416 e. The normalized spacial score (nSPS) is 12.8. The third-order valence-electron chi connectivity index (χ3n) is 17.3. The van der Waals surface area contributed by atoms with Crippen molar-refractivity contribution in [2.75, 3.05) is 0 Å². The number of aryl methyl sites for hydroxylation is 4. The van der Waals surface area contributed by atoms with Gasteiger partial charge in [0.25, 0.3) is 0 Å². The average Bonchev–Trinajstić information content (AvgIpc) is 1.58. The summed E-state index contributed by atoms with van der Waals surface area (Å²) in [6, 6.07) is 43.1. The molecule has 0 amide bonds. The highest BCUT2D eigenvalue weighted by atomic mass is 19.4. The molecule has 0 atom stereocenters. The lowest BCUT2D eigenvalue weighted by atomic mass is 9.87. The fourth-order valence-electron chi connectivity index (χ4n) is 13.2. The first kappa shape index (κ1) is 65.9. The third-order valence-corrected chi connectivity index (χ3v) is 17.3. The molecule has 0 saturated carbocycles. The van der Waals surface area contributed by atoms with Gasteiger partial charge in [0.2, 0.25) is 0 Å². The Hall–Kier alpha value is -10.8. The summed E-state index contributed by atoms with van der Waals surface area (Å²) in [6.07, 6.45) is -30.0. The van der Waals surface area contributed by atoms with Gasteiger partial charge in [-0.25, -0.2) is 0 Å². The second-order valence-corrected chi connectivity index (χ2v) is 24.2. The Morgan fingerprint density at radius 1 is 0.265 bits per heavy atom. The number of aromatic nitrogens is 2. The molecule has 11 aromatic carbocycles. The van der Waals surface area contributed by atoms with Crippen LogP contribution in [0.25, 0.3) is 122 Å². The number of nitriles is 1. The zero-order valence-electron chi connectivity index (χ0n) is 51.2. The number of rotatable bonds is 8. The molecule has 2 heterocycles. The topological polar surface area (TPSA) is 33.6 Å². The van der Waals surface area contributed by atoms with E-state index in [0.29, 0.717) is 12.1 Å². The summed E-state index contributed by atoms with van der Waals surface area (Å²) in [6.45, 7) is 5.82. The summed E-state index contributed by atoms with van der Waals surface area (Å²) < 4.78 is 268. The highest BCUT2D eigenvalue weighted by molar-refractivity contribution is 6.15. The number of halogens is 18. The van der Waals surface area contributed by atoms with Crippen LogP contribution in [0.1, 0.15) is 61.2 Å². The molecule has 21 heteroatoms. The van der Waals surface area contributed by atoms with Gasteiger partial charge in [-0.1, -0.05) is 66.7 Å². The molecule has 0 saturated heterocycles. The lowest BCUT2D eigenvalue weighted by molar-refractivity contribution is -0.143. The van der Waals surface area contributed by atoms with Gasteiger partial charge in [-0.2, -0.15) is 84.3 Å². The Bertz CT molecular complexity index is 5210. The average molecular weight is 1350 g/mol. The lowest BCUT2D eigenvalue weighted by Crippen LogP contribution is -2.11. The Labute approximate surface area is 545 Å². The van der Waals surface area contributed by atoms with Crippen molar-refractivity contribution in [3.63, 3.8) is 0 Å². The van der Waals surface area contributed by atoms with Gasteiger partial charge in [0.1, 0.15) is 0 Å². The van der Waals surface area contributed by atoms with Crippen LogP contribution in [-0.2, 0) is 37.1 Å². The molecule has 0 bridgehead atoms. The molecule has 0 unspecified atom stereocenters. The molecule has 13 aromatic rings. The maximum atomic E-state index is 15.1. The second kappa shape index (κ2) is 23.2. The van der Waals surface area contributed by atoms with E-state index in [0.717, 1.165) is 48.5 Å². The fourth-order valence-corrected chi connectivity index (χ4v) is 13.2. The van der Waals surface area contributed by atoms with Crippen molar-refractivity contribution < 1.29 is 79.0 Å². The third kappa shape index (κ3) is 12.1. The number of benzene rings is 11. The van der Waals surface area contributed by atoms with E-state index in [1.54, 1.807) is 21.3 Å². The summed E-state index contributed by atoms with van der Waals surface area (Å²) in [4.78, 5) is 0. The van der Waals surface area contributed by atoms with Crippen molar-refractivity contribution in [1.29, 1.82) is 5.26 Å². The summed E-state index contributed by atoms with van der Waals surface area (Å²) in [5.41, 5.74) is -6.01. The van der Waals surface area contributed by atoms with Gasteiger partial charge in [-0.3, -0.25) is 0 Å². The van der Waals surface area contributed by atoms with Crippen LogP contribution >= 0.6 is 0 Å². The first-order valence-corrected chi connectivity index (χ1v) is 29.8. The molecule has 0 aliphatic rings. The molecule has 0 N–H and O–H groups in total. The SMILES string of the molecule is Cc1cc(-c2ccc3c(c2)c2cc(-c4cc(C)cc(C(F)(F)F)c4)ccc2n3-c2cccc(C#N)c2-c2c(-c3cc(C(F)(F)F)cc(C(F)(F)F)c3)cccc2-n2c3ccc(-c4cc(C)cc(C(F)(F)F)c4)cc3c3cc(-c4cc(C)cc(C(F)(F)F)c4)ccc32)cc(C(F)(F)F)c1. The quantitative estimate of drug-likeness (QED) is 0.140. The van der Waals surface area contributed by atoms with Crippen LogP contribution in [0, 0.1) is 39.0 Å². The Morgan fingerprint density at radius 2 is 0.531 bits per heavy atom. The maximum absolute atomic E-state index is 15.1. The first-order valence-electron chi connectivity index (χ1n) is 29.8. The Kier molecular flexibility index (Phi) is 15.6. The van der Waals surface area contributed by atoms with Crippen LogP contribution in [0.15, 0.2) is 200 Å². The van der Waals surface area contributed by atoms with E-state index in [1.807, 2.05) is 0 Å². The van der Waals surface area contributed by atoms with E-state index in [9.17, 15) is 57.9 Å². The molecule has 0 aliphatic heterocycles. The van der Waals surface area contributed by atoms with Crippen LogP contribution in [0.5, 0.6) is 0 Å². The van der Waals surface area contributed by atoms with Crippen molar-refractivity contribution in [3.05, 3.63) is 261 Å². The summed E-state index contributed by atoms with van der Waals surface area (Å²) >= 11 is 0. The molecular formula is C77H45F18N3. The minimum atomic E-state index is -5.40. The predicted octanol–water partition coefficient (Wildman–Crippen LogP) is 25.1. The predicted molar refractivity (Wildman–Crippen MR) is 341 cm³/mol. The molecular weight excluding hydrogens is 1310 g/mol. The van der Waals surface area contributed by atoms with Gasteiger partial charge in [0.05, 0.1) is 78.5 Å². The van der Waals surface area contributed by atoms with E-state index in [1.165, 1.54) is 149 Å². The molecule has 0 spiro atoms. The number of hydrogen-bond donors (Lipinski definition) is 0. The van der Waals surface area contributed by atoms with Gasteiger partial charge in [-0.15, -0.1) is 0 Å². The molecule has 98 heavy (non-hydrogen) atoms. The first-order chi connectivity index (χ1) is 45.9. The molecule has 0 aliphatic carbocycles. The smallest absolute Gasteiger partial charge is 0.309 e. The number of hydrogen-bond acceptors (Lipinski definition) is 1. The minimum absolute atomic E-state index is 0.0104.